The highest BCUT2D eigenvalue weighted by molar-refractivity contribution is 4.96. The molecule has 0 saturated carbocycles. The average Bonchev–Trinajstić information content (AvgIpc) is 1.83. The van der Waals surface area contributed by atoms with E-state index in [1.54, 1.807) is 25.2 Å². The van der Waals surface area contributed by atoms with Crippen molar-refractivity contribution in [1.82, 2.24) is 10.4 Å². The number of hydrogen-bond acceptors (Lipinski definition) is 2. The van der Waals surface area contributed by atoms with Crippen LogP contribution in [0.3, 0.4) is 0 Å². The highest BCUT2D eigenvalue weighted by atomic mass is 15.5. The van der Waals surface area contributed by atoms with Crippen molar-refractivity contribution in [2.45, 2.75) is 6.92 Å². The SMILES string of the molecule is C=CN(C#CC)NC. The molecule has 0 aliphatic carbocycles. The molecule has 0 aromatic rings. The van der Waals surface area contributed by atoms with Gasteiger partial charge in [-0.05, 0) is 6.92 Å². The summed E-state index contributed by atoms with van der Waals surface area (Å²) in [6.07, 6.45) is 1.61. The highest BCUT2D eigenvalue weighted by Crippen LogP contribution is 1.72. The summed E-state index contributed by atoms with van der Waals surface area (Å²) in [7, 11) is 1.78. The van der Waals surface area contributed by atoms with Crippen LogP contribution in [0, 0.1) is 12.0 Å². The Morgan fingerprint density at radius 3 is 2.50 bits per heavy atom. The van der Waals surface area contributed by atoms with Crippen molar-refractivity contribution in [3.63, 3.8) is 0 Å². The van der Waals surface area contributed by atoms with Crippen molar-refractivity contribution >= 4 is 0 Å². The first kappa shape index (κ1) is 7.06. The van der Waals surface area contributed by atoms with Gasteiger partial charge in [-0.2, -0.15) is 0 Å². The van der Waals surface area contributed by atoms with E-state index in [1.807, 2.05) is 0 Å². The lowest BCUT2D eigenvalue weighted by atomic mass is 10.7. The first-order valence-electron chi connectivity index (χ1n) is 2.36. The van der Waals surface area contributed by atoms with Crippen LogP contribution in [0.5, 0.6) is 0 Å². The molecule has 0 aromatic carbocycles. The molecule has 0 fully saturated rings. The minimum atomic E-state index is 1.58. The molecule has 0 saturated heterocycles. The lowest BCUT2D eigenvalue weighted by Gasteiger charge is -2.06. The van der Waals surface area contributed by atoms with Gasteiger partial charge >= 0.3 is 0 Å². The molecule has 8 heavy (non-hydrogen) atoms. The van der Waals surface area contributed by atoms with Crippen LogP contribution in [0.4, 0.5) is 0 Å². The molecule has 1 N–H and O–H groups in total. The van der Waals surface area contributed by atoms with Crippen molar-refractivity contribution in [1.29, 1.82) is 0 Å². The lowest BCUT2D eigenvalue weighted by molar-refractivity contribution is 0.434. The molecule has 0 atom stereocenters. The first-order chi connectivity index (χ1) is 3.85. The Morgan fingerprint density at radius 2 is 2.38 bits per heavy atom. The van der Waals surface area contributed by atoms with Gasteiger partial charge in [0.05, 0.1) is 0 Å². The molecule has 0 rings (SSSR count). The Kier molecular flexibility index (Phi) is 3.73. The van der Waals surface area contributed by atoms with Crippen molar-refractivity contribution in [3.05, 3.63) is 12.8 Å². The maximum absolute atomic E-state index is 3.51. The Hall–Kier alpha value is -0.940. The fourth-order valence-electron chi connectivity index (χ4n) is 0.313. The summed E-state index contributed by atoms with van der Waals surface area (Å²) in [6, 6.07) is 2.74. The maximum Gasteiger partial charge on any atom is 0.0272 e. The second kappa shape index (κ2) is 4.23. The Morgan fingerprint density at radius 1 is 1.75 bits per heavy atom. The summed E-state index contributed by atoms with van der Waals surface area (Å²) < 4.78 is 0. The van der Waals surface area contributed by atoms with Crippen molar-refractivity contribution in [2.75, 3.05) is 7.05 Å². The first-order valence-corrected chi connectivity index (χ1v) is 2.36. The molecule has 0 amide bonds. The van der Waals surface area contributed by atoms with Crippen LogP contribution in [0.1, 0.15) is 6.92 Å². The van der Waals surface area contributed by atoms with Gasteiger partial charge in [0.25, 0.3) is 0 Å². The monoisotopic (exact) mass is 110 g/mol. The minimum absolute atomic E-state index is 1.58. The van der Waals surface area contributed by atoms with Crippen LogP contribution < -0.4 is 5.43 Å². The lowest BCUT2D eigenvalue weighted by Crippen LogP contribution is -2.23. The molecule has 0 bridgehead atoms. The van der Waals surface area contributed by atoms with E-state index in [0.29, 0.717) is 0 Å². The summed E-state index contributed by atoms with van der Waals surface area (Å²) in [5.74, 6) is 2.71. The molecule has 0 spiro atoms. The minimum Gasteiger partial charge on any atom is -0.243 e. The largest absolute Gasteiger partial charge is 0.243 e. The van der Waals surface area contributed by atoms with Crippen LogP contribution in [0.15, 0.2) is 12.8 Å². The zero-order chi connectivity index (χ0) is 6.41. The van der Waals surface area contributed by atoms with Gasteiger partial charge < -0.3 is 0 Å². The van der Waals surface area contributed by atoms with Gasteiger partial charge in [-0.1, -0.05) is 12.5 Å². The highest BCUT2D eigenvalue weighted by Gasteiger charge is 1.79. The predicted octanol–water partition coefficient (Wildman–Crippen LogP) is 0.547. The van der Waals surface area contributed by atoms with E-state index in [1.165, 1.54) is 0 Å². The quantitative estimate of drug-likeness (QED) is 0.317. The number of nitrogens with one attached hydrogen (secondary N) is 1. The van der Waals surface area contributed by atoms with E-state index in [-0.39, 0.29) is 0 Å². The molecule has 2 heteroatoms. The van der Waals surface area contributed by atoms with Crippen LogP contribution in [0.2, 0.25) is 0 Å². The predicted molar refractivity (Wildman–Crippen MR) is 34.5 cm³/mol. The summed E-state index contributed by atoms with van der Waals surface area (Å²) in [5.41, 5.74) is 2.79. The van der Waals surface area contributed by atoms with Crippen LogP contribution in [-0.4, -0.2) is 12.1 Å². The van der Waals surface area contributed by atoms with Gasteiger partial charge in [-0.25, -0.2) is 10.4 Å². The zero-order valence-electron chi connectivity index (χ0n) is 5.23. The van der Waals surface area contributed by atoms with Crippen LogP contribution in [0.25, 0.3) is 0 Å². The second-order valence-electron chi connectivity index (χ2n) is 1.14. The van der Waals surface area contributed by atoms with E-state index < -0.39 is 0 Å². The second-order valence-corrected chi connectivity index (χ2v) is 1.14. The average molecular weight is 110 g/mol. The third kappa shape index (κ3) is 2.27. The summed E-state index contributed by atoms with van der Waals surface area (Å²) >= 11 is 0. The molecular weight excluding hydrogens is 100 g/mol. The fourth-order valence-corrected chi connectivity index (χ4v) is 0.313. The smallest absolute Gasteiger partial charge is 0.0272 e. The molecule has 0 heterocycles. The van der Waals surface area contributed by atoms with Gasteiger partial charge in [0.1, 0.15) is 0 Å². The van der Waals surface area contributed by atoms with Gasteiger partial charge in [-0.3, -0.25) is 0 Å². The molecular formula is C6H10N2. The van der Waals surface area contributed by atoms with Crippen molar-refractivity contribution < 1.29 is 0 Å². The normalized spacial score (nSPS) is 6.75. The summed E-state index contributed by atoms with van der Waals surface area (Å²) in [5, 5.41) is 1.58. The van der Waals surface area contributed by atoms with E-state index in [0.717, 1.165) is 0 Å². The maximum atomic E-state index is 3.51. The van der Waals surface area contributed by atoms with Gasteiger partial charge in [0.2, 0.25) is 0 Å². The van der Waals surface area contributed by atoms with E-state index in [9.17, 15) is 0 Å². The van der Waals surface area contributed by atoms with E-state index in [4.69, 9.17) is 0 Å². The molecule has 2 nitrogen and oxygen atoms in total. The van der Waals surface area contributed by atoms with Gasteiger partial charge in [0, 0.05) is 19.3 Å². The van der Waals surface area contributed by atoms with Gasteiger partial charge in [0.15, 0.2) is 0 Å². The van der Waals surface area contributed by atoms with E-state index in [2.05, 4.69) is 24.0 Å². The molecule has 0 aliphatic rings. The van der Waals surface area contributed by atoms with E-state index >= 15 is 0 Å². The Labute approximate surface area is 50.2 Å². The third-order valence-corrected chi connectivity index (χ3v) is 0.656. The number of rotatable bonds is 2. The summed E-state index contributed by atoms with van der Waals surface area (Å²) in [4.78, 5) is 0. The molecule has 44 valence electrons. The summed E-state index contributed by atoms with van der Waals surface area (Å²) in [6.45, 7) is 5.28. The van der Waals surface area contributed by atoms with Crippen LogP contribution >= 0.6 is 0 Å². The van der Waals surface area contributed by atoms with Crippen molar-refractivity contribution in [2.24, 2.45) is 0 Å². The van der Waals surface area contributed by atoms with Crippen LogP contribution in [-0.2, 0) is 0 Å². The number of hydrogen-bond donors (Lipinski definition) is 1. The van der Waals surface area contributed by atoms with Gasteiger partial charge in [-0.15, -0.1) is 0 Å². The topological polar surface area (TPSA) is 15.3 Å². The molecule has 0 aliphatic heterocycles. The fraction of sp³-hybridized carbons (Fsp3) is 0.333. The van der Waals surface area contributed by atoms with Crippen molar-refractivity contribution in [3.8, 4) is 12.0 Å². The number of hydrazine groups is 1. The number of nitrogens with zero attached hydrogens (tertiary/aromatic N) is 1. The Bertz CT molecular complexity index is 118. The standard InChI is InChI=1S/C6H10N2/c1-4-6-8(5-2)7-3/h5,7H,2H2,1,3H3. The zero-order valence-corrected chi connectivity index (χ0v) is 5.23. The molecule has 0 aromatic heterocycles. The third-order valence-electron chi connectivity index (χ3n) is 0.656. The molecule has 0 unspecified atom stereocenters. The Balaban J connectivity index is 3.64. The molecule has 0 radical (unpaired) electrons.